The van der Waals surface area contributed by atoms with Gasteiger partial charge in [-0.1, -0.05) is 52.2 Å². The third-order valence-corrected chi connectivity index (χ3v) is 4.50. The fourth-order valence-corrected chi connectivity index (χ4v) is 3.27. The molecular weight excluding hydrogens is 258 g/mol. The maximum atomic E-state index is 5.62. The van der Waals surface area contributed by atoms with Crippen LogP contribution in [0.15, 0.2) is 18.2 Å². The van der Waals surface area contributed by atoms with Gasteiger partial charge in [-0.3, -0.25) is 0 Å². The van der Waals surface area contributed by atoms with Crippen LogP contribution in [-0.2, 0) is 6.42 Å². The third kappa shape index (κ3) is 4.47. The van der Waals surface area contributed by atoms with E-state index < -0.39 is 0 Å². The first-order valence-electron chi connectivity index (χ1n) is 8.80. The summed E-state index contributed by atoms with van der Waals surface area (Å²) in [5, 5.41) is 3.91. The van der Waals surface area contributed by atoms with Crippen molar-refractivity contribution in [3.63, 3.8) is 0 Å². The average Bonchev–Trinajstić information content (AvgIpc) is 2.97. The summed E-state index contributed by atoms with van der Waals surface area (Å²) in [5.41, 5.74) is 2.81. The molecule has 2 atom stereocenters. The van der Waals surface area contributed by atoms with E-state index in [1.165, 1.54) is 43.2 Å². The molecule has 0 bridgehead atoms. The Labute approximate surface area is 130 Å². The molecule has 0 aromatic heterocycles. The van der Waals surface area contributed by atoms with Crippen molar-refractivity contribution in [1.29, 1.82) is 0 Å². The molecule has 0 fully saturated rings. The van der Waals surface area contributed by atoms with Crippen molar-refractivity contribution in [1.82, 2.24) is 5.32 Å². The molecule has 0 saturated carbocycles. The standard InChI is InChI=1S/C19H31NO/c1-4-7-9-17(8-5-2)20-18(6-3)15-10-11-19-16(14-15)12-13-21-19/h10-11,14,17-18,20H,4-9,12-13H2,1-3H3. The van der Waals surface area contributed by atoms with Crippen LogP contribution in [0.25, 0.3) is 0 Å². The van der Waals surface area contributed by atoms with Gasteiger partial charge in [0.2, 0.25) is 0 Å². The molecule has 21 heavy (non-hydrogen) atoms. The van der Waals surface area contributed by atoms with Crippen LogP contribution in [0.4, 0.5) is 0 Å². The van der Waals surface area contributed by atoms with Gasteiger partial charge < -0.3 is 10.1 Å². The topological polar surface area (TPSA) is 21.3 Å². The van der Waals surface area contributed by atoms with E-state index in [2.05, 4.69) is 44.3 Å². The van der Waals surface area contributed by atoms with Crippen molar-refractivity contribution in [3.8, 4) is 5.75 Å². The zero-order valence-electron chi connectivity index (χ0n) is 14.0. The molecule has 118 valence electrons. The second-order valence-corrected chi connectivity index (χ2v) is 6.22. The van der Waals surface area contributed by atoms with E-state index in [4.69, 9.17) is 4.74 Å². The molecule has 2 heteroatoms. The zero-order chi connectivity index (χ0) is 15.1. The van der Waals surface area contributed by atoms with Gasteiger partial charge in [0, 0.05) is 18.5 Å². The Balaban J connectivity index is 2.03. The van der Waals surface area contributed by atoms with Crippen LogP contribution in [-0.4, -0.2) is 12.6 Å². The molecule has 1 N–H and O–H groups in total. The molecule has 1 aromatic carbocycles. The highest BCUT2D eigenvalue weighted by Gasteiger charge is 2.18. The molecular formula is C19H31NO. The molecule has 1 aliphatic rings. The van der Waals surface area contributed by atoms with Gasteiger partial charge in [-0.2, -0.15) is 0 Å². The molecule has 1 aromatic rings. The normalized spacial score (nSPS) is 16.3. The van der Waals surface area contributed by atoms with Gasteiger partial charge in [0.1, 0.15) is 5.75 Å². The largest absolute Gasteiger partial charge is 0.493 e. The van der Waals surface area contributed by atoms with E-state index in [1.807, 2.05) is 0 Å². The Kier molecular flexibility index (Phi) is 6.56. The van der Waals surface area contributed by atoms with E-state index in [9.17, 15) is 0 Å². The number of hydrogen-bond acceptors (Lipinski definition) is 2. The van der Waals surface area contributed by atoms with Gasteiger partial charge in [0.05, 0.1) is 6.61 Å². The molecule has 0 saturated heterocycles. The molecule has 0 aliphatic carbocycles. The van der Waals surface area contributed by atoms with Crippen molar-refractivity contribution in [2.24, 2.45) is 0 Å². The number of unbranched alkanes of at least 4 members (excludes halogenated alkanes) is 1. The predicted octanol–water partition coefficient (Wildman–Crippen LogP) is 5.02. The number of ether oxygens (including phenoxy) is 1. The Bertz CT molecular complexity index is 430. The van der Waals surface area contributed by atoms with Gasteiger partial charge in [-0.05, 0) is 36.5 Å². The lowest BCUT2D eigenvalue weighted by molar-refractivity contribution is 0.356. The van der Waals surface area contributed by atoms with Gasteiger partial charge in [0.15, 0.2) is 0 Å². The minimum atomic E-state index is 0.476. The van der Waals surface area contributed by atoms with Gasteiger partial charge in [-0.25, -0.2) is 0 Å². The summed E-state index contributed by atoms with van der Waals surface area (Å²) in [5.74, 6) is 1.09. The molecule has 2 nitrogen and oxygen atoms in total. The quantitative estimate of drug-likeness (QED) is 0.689. The molecule has 2 rings (SSSR count). The lowest BCUT2D eigenvalue weighted by Crippen LogP contribution is -2.32. The predicted molar refractivity (Wildman–Crippen MR) is 90.0 cm³/mol. The van der Waals surface area contributed by atoms with Crippen LogP contribution >= 0.6 is 0 Å². The number of nitrogens with one attached hydrogen (secondary N) is 1. The molecule has 0 spiro atoms. The average molecular weight is 289 g/mol. The Morgan fingerprint density at radius 1 is 1.14 bits per heavy atom. The monoisotopic (exact) mass is 289 g/mol. The van der Waals surface area contributed by atoms with Crippen LogP contribution in [0.5, 0.6) is 5.75 Å². The van der Waals surface area contributed by atoms with Crippen LogP contribution in [0, 0.1) is 0 Å². The molecule has 1 aliphatic heterocycles. The van der Waals surface area contributed by atoms with E-state index in [-0.39, 0.29) is 0 Å². The zero-order valence-corrected chi connectivity index (χ0v) is 14.0. The molecule has 0 amide bonds. The fraction of sp³-hybridized carbons (Fsp3) is 0.684. The van der Waals surface area contributed by atoms with Gasteiger partial charge in [0.25, 0.3) is 0 Å². The lowest BCUT2D eigenvalue weighted by atomic mass is 9.97. The Morgan fingerprint density at radius 3 is 2.71 bits per heavy atom. The van der Waals surface area contributed by atoms with E-state index in [0.717, 1.165) is 25.2 Å². The van der Waals surface area contributed by atoms with Crippen LogP contribution in [0.1, 0.15) is 76.5 Å². The molecule has 2 unspecified atom stereocenters. The van der Waals surface area contributed by atoms with E-state index in [1.54, 1.807) is 0 Å². The summed E-state index contributed by atoms with van der Waals surface area (Å²) in [6, 6.07) is 7.89. The molecule has 1 heterocycles. The molecule has 0 radical (unpaired) electrons. The number of benzene rings is 1. The van der Waals surface area contributed by atoms with Crippen LogP contribution in [0.3, 0.4) is 0 Å². The van der Waals surface area contributed by atoms with Crippen molar-refractivity contribution in [2.45, 2.75) is 77.8 Å². The van der Waals surface area contributed by atoms with E-state index in [0.29, 0.717) is 12.1 Å². The first-order chi connectivity index (χ1) is 10.3. The number of rotatable bonds is 9. The second-order valence-electron chi connectivity index (χ2n) is 6.22. The third-order valence-electron chi connectivity index (χ3n) is 4.50. The summed E-state index contributed by atoms with van der Waals surface area (Å²) in [7, 11) is 0. The van der Waals surface area contributed by atoms with Gasteiger partial charge >= 0.3 is 0 Å². The maximum Gasteiger partial charge on any atom is 0.122 e. The van der Waals surface area contributed by atoms with Gasteiger partial charge in [-0.15, -0.1) is 0 Å². The van der Waals surface area contributed by atoms with Crippen LogP contribution < -0.4 is 10.1 Å². The highest BCUT2D eigenvalue weighted by atomic mass is 16.5. The summed E-state index contributed by atoms with van der Waals surface area (Å²) in [6.45, 7) is 7.69. The summed E-state index contributed by atoms with van der Waals surface area (Å²) in [4.78, 5) is 0. The highest BCUT2D eigenvalue weighted by Crippen LogP contribution is 2.29. The Hall–Kier alpha value is -1.02. The highest BCUT2D eigenvalue weighted by molar-refractivity contribution is 5.40. The van der Waals surface area contributed by atoms with Crippen molar-refractivity contribution in [2.75, 3.05) is 6.61 Å². The summed E-state index contributed by atoms with van der Waals surface area (Å²) in [6.07, 6.45) is 8.66. The van der Waals surface area contributed by atoms with Crippen molar-refractivity contribution >= 4 is 0 Å². The second kappa shape index (κ2) is 8.43. The smallest absolute Gasteiger partial charge is 0.122 e. The fourth-order valence-electron chi connectivity index (χ4n) is 3.27. The maximum absolute atomic E-state index is 5.62. The summed E-state index contributed by atoms with van der Waals surface area (Å²) >= 11 is 0. The van der Waals surface area contributed by atoms with Crippen LogP contribution in [0.2, 0.25) is 0 Å². The first-order valence-corrected chi connectivity index (χ1v) is 8.80. The first kappa shape index (κ1) is 16.4. The number of fused-ring (bicyclic) bond motifs is 1. The minimum absolute atomic E-state index is 0.476. The lowest BCUT2D eigenvalue weighted by Gasteiger charge is -2.25. The van der Waals surface area contributed by atoms with Crippen molar-refractivity contribution in [3.05, 3.63) is 29.3 Å². The summed E-state index contributed by atoms with van der Waals surface area (Å²) < 4.78 is 5.62. The van der Waals surface area contributed by atoms with E-state index >= 15 is 0 Å². The minimum Gasteiger partial charge on any atom is -0.493 e. The number of hydrogen-bond donors (Lipinski definition) is 1. The Morgan fingerprint density at radius 2 is 2.00 bits per heavy atom. The SMILES string of the molecule is CCCCC(CCC)NC(CC)c1ccc2c(c1)CCO2. The van der Waals surface area contributed by atoms with Crippen molar-refractivity contribution < 1.29 is 4.74 Å².